The van der Waals surface area contributed by atoms with Gasteiger partial charge in [-0.05, 0) is 20.3 Å². The standard InChI is InChI=1S/C8H13NOS/c1-6(5-9)11-8-3-4-10-7(8)2/h6-8H,3-4H2,1-2H3. The molecular formula is C8H13NOS. The Balaban J connectivity index is 2.32. The normalized spacial score (nSPS) is 33.2. The molecule has 11 heavy (non-hydrogen) atoms. The van der Waals surface area contributed by atoms with Gasteiger partial charge in [0.1, 0.15) is 0 Å². The molecular weight excluding hydrogens is 158 g/mol. The summed E-state index contributed by atoms with van der Waals surface area (Å²) in [5.74, 6) is 0. The summed E-state index contributed by atoms with van der Waals surface area (Å²) in [6.07, 6.45) is 1.42. The number of hydrogen-bond acceptors (Lipinski definition) is 3. The molecule has 0 bridgehead atoms. The Morgan fingerprint density at radius 1 is 1.73 bits per heavy atom. The van der Waals surface area contributed by atoms with Gasteiger partial charge in [-0.15, -0.1) is 11.8 Å². The molecule has 1 heterocycles. The van der Waals surface area contributed by atoms with Crippen LogP contribution in [-0.4, -0.2) is 23.2 Å². The zero-order valence-corrected chi connectivity index (χ0v) is 7.73. The van der Waals surface area contributed by atoms with Crippen LogP contribution in [0, 0.1) is 11.3 Å². The lowest BCUT2D eigenvalue weighted by atomic mass is 10.3. The lowest BCUT2D eigenvalue weighted by molar-refractivity contribution is 0.127. The average Bonchev–Trinajstić information content (AvgIpc) is 2.37. The number of rotatable bonds is 2. The van der Waals surface area contributed by atoms with Crippen LogP contribution in [0.4, 0.5) is 0 Å². The van der Waals surface area contributed by atoms with Gasteiger partial charge in [0.2, 0.25) is 0 Å². The average molecular weight is 171 g/mol. The lowest BCUT2D eigenvalue weighted by Gasteiger charge is -2.13. The second kappa shape index (κ2) is 3.99. The van der Waals surface area contributed by atoms with Crippen molar-refractivity contribution in [2.45, 2.75) is 36.9 Å². The summed E-state index contributed by atoms with van der Waals surface area (Å²) in [6, 6.07) is 2.22. The fourth-order valence-corrected chi connectivity index (χ4v) is 2.30. The molecule has 3 heteroatoms. The van der Waals surface area contributed by atoms with E-state index < -0.39 is 0 Å². The molecule has 1 saturated heterocycles. The van der Waals surface area contributed by atoms with Crippen molar-refractivity contribution in [3.05, 3.63) is 0 Å². The van der Waals surface area contributed by atoms with Crippen LogP contribution in [0.1, 0.15) is 20.3 Å². The Kier molecular flexibility index (Phi) is 3.22. The molecule has 0 aliphatic carbocycles. The summed E-state index contributed by atoms with van der Waals surface area (Å²) in [7, 11) is 0. The molecule has 0 amide bonds. The molecule has 1 rings (SSSR count). The van der Waals surface area contributed by atoms with Gasteiger partial charge in [0, 0.05) is 11.9 Å². The van der Waals surface area contributed by atoms with Gasteiger partial charge in [-0.3, -0.25) is 0 Å². The quantitative estimate of drug-likeness (QED) is 0.635. The fourth-order valence-electron chi connectivity index (χ4n) is 1.18. The van der Waals surface area contributed by atoms with Crippen molar-refractivity contribution in [3.8, 4) is 6.07 Å². The highest BCUT2D eigenvalue weighted by Crippen LogP contribution is 2.28. The van der Waals surface area contributed by atoms with Crippen molar-refractivity contribution in [1.82, 2.24) is 0 Å². The van der Waals surface area contributed by atoms with Gasteiger partial charge in [-0.25, -0.2) is 0 Å². The molecule has 2 nitrogen and oxygen atoms in total. The van der Waals surface area contributed by atoms with E-state index in [0.717, 1.165) is 13.0 Å². The largest absolute Gasteiger partial charge is 0.377 e. The predicted molar refractivity (Wildman–Crippen MR) is 46.5 cm³/mol. The number of ether oxygens (including phenoxy) is 1. The van der Waals surface area contributed by atoms with E-state index in [9.17, 15) is 0 Å². The van der Waals surface area contributed by atoms with Gasteiger partial charge >= 0.3 is 0 Å². The molecule has 1 fully saturated rings. The van der Waals surface area contributed by atoms with Crippen LogP contribution in [-0.2, 0) is 4.74 Å². The highest BCUT2D eigenvalue weighted by molar-refractivity contribution is 8.00. The maximum absolute atomic E-state index is 8.57. The molecule has 0 aromatic heterocycles. The Bertz CT molecular complexity index is 166. The molecule has 0 aromatic rings. The van der Waals surface area contributed by atoms with Gasteiger partial charge in [-0.1, -0.05) is 0 Å². The van der Waals surface area contributed by atoms with Gasteiger partial charge in [0.05, 0.1) is 17.4 Å². The van der Waals surface area contributed by atoms with Crippen LogP contribution < -0.4 is 0 Å². The van der Waals surface area contributed by atoms with Crippen LogP contribution >= 0.6 is 11.8 Å². The summed E-state index contributed by atoms with van der Waals surface area (Å²) >= 11 is 1.73. The second-order valence-corrected chi connectivity index (χ2v) is 4.40. The molecule has 0 radical (unpaired) electrons. The first-order chi connectivity index (χ1) is 5.24. The SMILES string of the molecule is CC(C#N)SC1CCOC1C. The first-order valence-corrected chi connectivity index (χ1v) is 4.85. The summed E-state index contributed by atoms with van der Waals surface area (Å²) in [5.41, 5.74) is 0. The topological polar surface area (TPSA) is 33.0 Å². The second-order valence-electron chi connectivity index (χ2n) is 2.81. The lowest BCUT2D eigenvalue weighted by Crippen LogP contribution is -2.15. The third kappa shape index (κ3) is 2.39. The zero-order valence-electron chi connectivity index (χ0n) is 6.91. The maximum atomic E-state index is 8.57. The van der Waals surface area contributed by atoms with Crippen molar-refractivity contribution >= 4 is 11.8 Å². The molecule has 62 valence electrons. The molecule has 0 spiro atoms. The Labute approximate surface area is 71.9 Å². The van der Waals surface area contributed by atoms with Crippen molar-refractivity contribution in [2.75, 3.05) is 6.61 Å². The van der Waals surface area contributed by atoms with E-state index in [2.05, 4.69) is 13.0 Å². The predicted octanol–water partition coefficient (Wildman–Crippen LogP) is 1.81. The summed E-state index contributed by atoms with van der Waals surface area (Å²) in [6.45, 7) is 4.88. The van der Waals surface area contributed by atoms with Crippen LogP contribution in [0.15, 0.2) is 0 Å². The maximum Gasteiger partial charge on any atom is 0.0892 e. The molecule has 1 aliphatic heterocycles. The molecule has 0 aromatic carbocycles. The van der Waals surface area contributed by atoms with E-state index in [1.54, 1.807) is 11.8 Å². The fraction of sp³-hybridized carbons (Fsp3) is 0.875. The molecule has 0 saturated carbocycles. The van der Waals surface area contributed by atoms with Crippen molar-refractivity contribution in [3.63, 3.8) is 0 Å². The molecule has 1 aliphatic rings. The minimum atomic E-state index is 0.101. The van der Waals surface area contributed by atoms with Gasteiger partial charge in [0.25, 0.3) is 0 Å². The van der Waals surface area contributed by atoms with E-state index >= 15 is 0 Å². The summed E-state index contributed by atoms with van der Waals surface area (Å²) < 4.78 is 5.38. The van der Waals surface area contributed by atoms with E-state index in [-0.39, 0.29) is 5.25 Å². The zero-order chi connectivity index (χ0) is 8.27. The summed E-state index contributed by atoms with van der Waals surface area (Å²) in [5, 5.41) is 9.20. The third-order valence-electron chi connectivity index (χ3n) is 1.87. The first-order valence-electron chi connectivity index (χ1n) is 3.90. The Morgan fingerprint density at radius 2 is 2.45 bits per heavy atom. The molecule has 3 atom stereocenters. The Hall–Kier alpha value is -0.200. The van der Waals surface area contributed by atoms with Crippen LogP contribution in [0.3, 0.4) is 0 Å². The van der Waals surface area contributed by atoms with Crippen LogP contribution in [0.25, 0.3) is 0 Å². The first kappa shape index (κ1) is 8.89. The number of nitriles is 1. The van der Waals surface area contributed by atoms with Crippen molar-refractivity contribution in [1.29, 1.82) is 5.26 Å². The molecule has 3 unspecified atom stereocenters. The summed E-state index contributed by atoms with van der Waals surface area (Å²) in [4.78, 5) is 0. The number of thioether (sulfide) groups is 1. The highest BCUT2D eigenvalue weighted by Gasteiger charge is 2.26. The number of hydrogen-bond donors (Lipinski definition) is 0. The van der Waals surface area contributed by atoms with E-state index in [1.807, 2.05) is 6.92 Å². The Morgan fingerprint density at radius 3 is 2.91 bits per heavy atom. The van der Waals surface area contributed by atoms with E-state index in [0.29, 0.717) is 11.4 Å². The van der Waals surface area contributed by atoms with Gasteiger partial charge in [0.15, 0.2) is 0 Å². The molecule has 0 N–H and O–H groups in total. The van der Waals surface area contributed by atoms with Crippen LogP contribution in [0.2, 0.25) is 0 Å². The monoisotopic (exact) mass is 171 g/mol. The smallest absolute Gasteiger partial charge is 0.0892 e. The minimum Gasteiger partial charge on any atom is -0.377 e. The third-order valence-corrected chi connectivity index (χ3v) is 3.35. The van der Waals surface area contributed by atoms with E-state index in [1.165, 1.54) is 0 Å². The van der Waals surface area contributed by atoms with Gasteiger partial charge in [-0.2, -0.15) is 5.26 Å². The number of nitrogens with zero attached hydrogens (tertiary/aromatic N) is 1. The minimum absolute atomic E-state index is 0.101. The van der Waals surface area contributed by atoms with Crippen molar-refractivity contribution < 1.29 is 4.74 Å². The van der Waals surface area contributed by atoms with Gasteiger partial charge < -0.3 is 4.74 Å². The van der Waals surface area contributed by atoms with Crippen molar-refractivity contribution in [2.24, 2.45) is 0 Å². The van der Waals surface area contributed by atoms with E-state index in [4.69, 9.17) is 10.00 Å². The van der Waals surface area contributed by atoms with Crippen LogP contribution in [0.5, 0.6) is 0 Å². The highest BCUT2D eigenvalue weighted by atomic mass is 32.2.